The Kier molecular flexibility index (Phi) is 5.83. The molecular formula is C19H32N6O2. The van der Waals surface area contributed by atoms with E-state index in [1.165, 1.54) is 6.92 Å². The number of fused-ring (bicyclic) bond motifs is 3. The number of hydrogen-bond acceptors (Lipinski definition) is 5. The van der Waals surface area contributed by atoms with Crippen LogP contribution in [0, 0.1) is 11.8 Å². The molecular weight excluding hydrogens is 344 g/mol. The molecule has 2 bridgehead atoms. The Morgan fingerprint density at radius 2 is 2.00 bits per heavy atom. The van der Waals surface area contributed by atoms with E-state index in [2.05, 4.69) is 52.8 Å². The van der Waals surface area contributed by atoms with Gasteiger partial charge in [0.15, 0.2) is 0 Å². The highest BCUT2D eigenvalue weighted by atomic mass is 16.2. The number of nitrogens with zero attached hydrogens (tertiary/aromatic N) is 4. The van der Waals surface area contributed by atoms with Crippen molar-refractivity contribution in [1.82, 2.24) is 30.5 Å². The molecule has 4 rings (SSSR count). The summed E-state index contributed by atoms with van der Waals surface area (Å²) in [5, 5.41) is 14.3. The van der Waals surface area contributed by atoms with Gasteiger partial charge in [-0.2, -0.15) is 0 Å². The summed E-state index contributed by atoms with van der Waals surface area (Å²) >= 11 is 0. The van der Waals surface area contributed by atoms with Gasteiger partial charge in [0.2, 0.25) is 11.8 Å². The van der Waals surface area contributed by atoms with Crippen LogP contribution in [0.2, 0.25) is 0 Å². The van der Waals surface area contributed by atoms with Crippen LogP contribution >= 0.6 is 0 Å². The second-order valence-electron chi connectivity index (χ2n) is 8.89. The first-order valence-electron chi connectivity index (χ1n) is 9.91. The van der Waals surface area contributed by atoms with Gasteiger partial charge >= 0.3 is 0 Å². The standard InChI is InChI=1S/C19H32N6O2/c1-13(26)20-6-7-21-18(27)16-11-24-8-5-14(16)9-15(24)10-25-12-17(22-23-25)19(2,3)4/h12,14-16H,5-11H2,1-4H3,(H,20,26)(H,21,27)/t14-,15+,16-/m0/s1. The number of carbonyl (C=O) groups excluding carboxylic acids is 2. The summed E-state index contributed by atoms with van der Waals surface area (Å²) < 4.78 is 1.95. The molecule has 4 atom stereocenters. The molecule has 0 radical (unpaired) electrons. The fourth-order valence-electron chi connectivity index (χ4n) is 4.13. The Balaban J connectivity index is 1.52. The first-order valence-corrected chi connectivity index (χ1v) is 9.91. The first-order chi connectivity index (χ1) is 12.7. The average molecular weight is 377 g/mol. The summed E-state index contributed by atoms with van der Waals surface area (Å²) in [5.41, 5.74) is 1.01. The van der Waals surface area contributed by atoms with Crippen molar-refractivity contribution < 1.29 is 9.59 Å². The maximum Gasteiger partial charge on any atom is 0.224 e. The minimum absolute atomic E-state index is 0.00450. The van der Waals surface area contributed by atoms with Gasteiger partial charge in [-0.1, -0.05) is 26.0 Å². The van der Waals surface area contributed by atoms with Crippen molar-refractivity contribution in [3.05, 3.63) is 11.9 Å². The van der Waals surface area contributed by atoms with Crippen molar-refractivity contribution in [2.24, 2.45) is 11.8 Å². The maximum atomic E-state index is 12.5. The highest BCUT2D eigenvalue weighted by Gasteiger charge is 2.43. The molecule has 0 aromatic carbocycles. The average Bonchev–Trinajstić information content (AvgIpc) is 3.08. The molecule has 8 heteroatoms. The molecule has 3 saturated heterocycles. The van der Waals surface area contributed by atoms with Crippen molar-refractivity contribution in [3.63, 3.8) is 0 Å². The normalized spacial score (nSPS) is 27.4. The molecule has 3 aliphatic rings. The third-order valence-corrected chi connectivity index (χ3v) is 5.72. The van der Waals surface area contributed by atoms with Gasteiger partial charge < -0.3 is 10.6 Å². The van der Waals surface area contributed by atoms with Crippen LogP contribution < -0.4 is 10.6 Å². The highest BCUT2D eigenvalue weighted by molar-refractivity contribution is 5.79. The Morgan fingerprint density at radius 1 is 1.26 bits per heavy atom. The molecule has 27 heavy (non-hydrogen) atoms. The molecule has 150 valence electrons. The number of carbonyl (C=O) groups is 2. The first kappa shape index (κ1) is 19.8. The van der Waals surface area contributed by atoms with Crippen molar-refractivity contribution in [3.8, 4) is 0 Å². The third-order valence-electron chi connectivity index (χ3n) is 5.72. The van der Waals surface area contributed by atoms with Crippen molar-refractivity contribution in [2.45, 2.75) is 58.5 Å². The van der Waals surface area contributed by atoms with Gasteiger partial charge in [-0.05, 0) is 25.3 Å². The van der Waals surface area contributed by atoms with Crippen LogP contribution in [0.1, 0.15) is 46.2 Å². The SMILES string of the molecule is CC(=O)NCCNC(=O)[C@H]1CN2CC[C@H]1C[C@@H]2Cn1cc(C(C)(C)C)nn1. The van der Waals surface area contributed by atoms with Gasteiger partial charge in [0.1, 0.15) is 0 Å². The van der Waals surface area contributed by atoms with E-state index < -0.39 is 0 Å². The lowest BCUT2D eigenvalue weighted by Crippen LogP contribution is -2.58. The minimum atomic E-state index is -0.0716. The van der Waals surface area contributed by atoms with E-state index in [1.54, 1.807) is 0 Å². The predicted octanol–water partition coefficient (Wildman–Crippen LogP) is 0.538. The number of rotatable bonds is 6. The van der Waals surface area contributed by atoms with Crippen LogP contribution in [0.5, 0.6) is 0 Å². The molecule has 0 aliphatic carbocycles. The topological polar surface area (TPSA) is 92.2 Å². The lowest BCUT2D eigenvalue weighted by Gasteiger charge is -2.49. The molecule has 4 heterocycles. The van der Waals surface area contributed by atoms with E-state index >= 15 is 0 Å². The van der Waals surface area contributed by atoms with Crippen molar-refractivity contribution in [2.75, 3.05) is 26.2 Å². The highest BCUT2D eigenvalue weighted by Crippen LogP contribution is 2.37. The number of amides is 2. The molecule has 2 amide bonds. The summed E-state index contributed by atoms with van der Waals surface area (Å²) in [6.45, 7) is 11.6. The summed E-state index contributed by atoms with van der Waals surface area (Å²) in [6.07, 6.45) is 4.15. The predicted molar refractivity (Wildman–Crippen MR) is 102 cm³/mol. The van der Waals surface area contributed by atoms with Crippen LogP contribution in [-0.2, 0) is 21.5 Å². The quantitative estimate of drug-likeness (QED) is 0.707. The maximum absolute atomic E-state index is 12.5. The van der Waals surface area contributed by atoms with Crippen LogP contribution in [0.4, 0.5) is 0 Å². The van der Waals surface area contributed by atoms with Gasteiger partial charge in [-0.15, -0.1) is 5.10 Å². The van der Waals surface area contributed by atoms with Gasteiger partial charge in [0, 0.05) is 44.2 Å². The fraction of sp³-hybridized carbons (Fsp3) is 0.789. The van der Waals surface area contributed by atoms with Crippen LogP contribution in [-0.4, -0.2) is 63.9 Å². The zero-order valence-electron chi connectivity index (χ0n) is 16.9. The van der Waals surface area contributed by atoms with Crippen LogP contribution in [0.3, 0.4) is 0 Å². The van der Waals surface area contributed by atoms with Crippen molar-refractivity contribution >= 4 is 11.8 Å². The summed E-state index contributed by atoms with van der Waals surface area (Å²) in [4.78, 5) is 25.9. The number of aromatic nitrogens is 3. The lowest BCUT2D eigenvalue weighted by molar-refractivity contribution is -0.133. The Hall–Kier alpha value is -1.96. The summed E-state index contributed by atoms with van der Waals surface area (Å²) in [6, 6.07) is 0.418. The van der Waals surface area contributed by atoms with Crippen LogP contribution in [0.25, 0.3) is 0 Å². The molecule has 3 fully saturated rings. The number of nitrogens with one attached hydrogen (secondary N) is 2. The van der Waals surface area contributed by atoms with E-state index in [4.69, 9.17) is 0 Å². The Bertz CT molecular complexity index is 680. The largest absolute Gasteiger partial charge is 0.355 e. The monoisotopic (exact) mass is 376 g/mol. The van der Waals surface area contributed by atoms with E-state index in [-0.39, 0.29) is 23.1 Å². The molecule has 1 aromatic heterocycles. The van der Waals surface area contributed by atoms with Gasteiger partial charge in [0.05, 0.1) is 18.2 Å². The molecule has 2 N–H and O–H groups in total. The second-order valence-corrected chi connectivity index (χ2v) is 8.89. The summed E-state index contributed by atoms with van der Waals surface area (Å²) in [5.74, 6) is 0.515. The van der Waals surface area contributed by atoms with Gasteiger partial charge in [0.25, 0.3) is 0 Å². The Morgan fingerprint density at radius 3 is 2.59 bits per heavy atom. The van der Waals surface area contributed by atoms with Gasteiger partial charge in [-0.25, -0.2) is 0 Å². The number of piperidine rings is 3. The van der Waals surface area contributed by atoms with E-state index in [0.29, 0.717) is 25.0 Å². The van der Waals surface area contributed by atoms with E-state index in [0.717, 1.165) is 38.2 Å². The number of hydrogen-bond donors (Lipinski definition) is 2. The molecule has 1 unspecified atom stereocenters. The zero-order chi connectivity index (χ0) is 19.6. The second kappa shape index (κ2) is 7.96. The van der Waals surface area contributed by atoms with Crippen molar-refractivity contribution in [1.29, 1.82) is 0 Å². The lowest BCUT2D eigenvalue weighted by atomic mass is 9.75. The summed E-state index contributed by atoms with van der Waals surface area (Å²) in [7, 11) is 0. The molecule has 8 nitrogen and oxygen atoms in total. The van der Waals surface area contributed by atoms with E-state index in [1.807, 2.05) is 4.68 Å². The molecule has 0 saturated carbocycles. The fourth-order valence-corrected chi connectivity index (χ4v) is 4.13. The smallest absolute Gasteiger partial charge is 0.224 e. The Labute approximate surface area is 161 Å². The third kappa shape index (κ3) is 4.86. The van der Waals surface area contributed by atoms with E-state index in [9.17, 15) is 9.59 Å². The van der Waals surface area contributed by atoms with Gasteiger partial charge in [-0.3, -0.25) is 19.2 Å². The zero-order valence-corrected chi connectivity index (χ0v) is 16.9. The van der Waals surface area contributed by atoms with Crippen LogP contribution in [0.15, 0.2) is 6.20 Å². The molecule has 1 aromatic rings. The minimum Gasteiger partial charge on any atom is -0.355 e. The molecule has 3 aliphatic heterocycles. The molecule has 0 spiro atoms.